The fourth-order valence-electron chi connectivity index (χ4n) is 4.23. The number of pyridine rings is 1. The molecular formula is C25H29N5O3. The summed E-state index contributed by atoms with van der Waals surface area (Å²) in [5.74, 6) is 0.419. The van der Waals surface area contributed by atoms with Crippen LogP contribution >= 0.6 is 0 Å². The number of nitrogens with zero attached hydrogens (tertiary/aromatic N) is 3. The summed E-state index contributed by atoms with van der Waals surface area (Å²) in [5.41, 5.74) is 3.76. The van der Waals surface area contributed by atoms with Crippen LogP contribution in [0.25, 0.3) is 16.9 Å². The second-order valence-corrected chi connectivity index (χ2v) is 9.29. The molecule has 1 atom stereocenters. The molecule has 0 fully saturated rings. The molecule has 3 heterocycles. The first-order valence-corrected chi connectivity index (χ1v) is 11.1. The number of carbonyl (C=O) groups excluding carboxylic acids is 3. The number of anilines is 1. The Balaban J connectivity index is 1.73. The van der Waals surface area contributed by atoms with Crippen LogP contribution in [-0.4, -0.2) is 51.0 Å². The first-order valence-electron chi connectivity index (χ1n) is 11.1. The van der Waals surface area contributed by atoms with Gasteiger partial charge in [-0.1, -0.05) is 12.1 Å². The molecule has 0 spiro atoms. The number of rotatable bonds is 7. The third-order valence-electron chi connectivity index (χ3n) is 5.72. The maximum atomic E-state index is 13.1. The minimum absolute atomic E-state index is 0.177. The second-order valence-electron chi connectivity index (χ2n) is 9.29. The highest BCUT2D eigenvalue weighted by molar-refractivity contribution is 6.01. The molecule has 2 N–H and O–H groups in total. The lowest BCUT2D eigenvalue weighted by Crippen LogP contribution is -2.46. The summed E-state index contributed by atoms with van der Waals surface area (Å²) in [4.78, 5) is 42.8. The van der Waals surface area contributed by atoms with E-state index < -0.39 is 6.04 Å². The average molecular weight is 448 g/mol. The van der Waals surface area contributed by atoms with E-state index in [4.69, 9.17) is 4.98 Å². The first-order chi connectivity index (χ1) is 15.7. The smallest absolute Gasteiger partial charge is 0.255 e. The van der Waals surface area contributed by atoms with Crippen molar-refractivity contribution in [3.8, 4) is 11.3 Å². The lowest BCUT2D eigenvalue weighted by atomic mass is 10.0. The molecule has 1 aromatic carbocycles. The third-order valence-corrected chi connectivity index (χ3v) is 5.72. The van der Waals surface area contributed by atoms with Gasteiger partial charge in [0.05, 0.1) is 0 Å². The molecule has 2 aromatic heterocycles. The highest BCUT2D eigenvalue weighted by Gasteiger charge is 2.36. The standard InChI is InChI=1S/C25H29N5O3/c1-25(2,3)28-22-21(27-20-9-5-6-12-29(20)22)16-10-11-18-17(14-16)15-30(24(18)33)19(8-7-13-31)23(32)26-4/h5-6,9-14,19,28H,7-8,15H2,1-4H3,(H,26,32). The van der Waals surface area contributed by atoms with Crippen LogP contribution in [0.3, 0.4) is 0 Å². The number of hydrogen-bond donors (Lipinski definition) is 2. The van der Waals surface area contributed by atoms with Gasteiger partial charge in [-0.15, -0.1) is 0 Å². The largest absolute Gasteiger partial charge is 0.365 e. The van der Waals surface area contributed by atoms with Gasteiger partial charge in [-0.2, -0.15) is 0 Å². The van der Waals surface area contributed by atoms with Gasteiger partial charge < -0.3 is 20.3 Å². The van der Waals surface area contributed by atoms with Crippen LogP contribution in [0.15, 0.2) is 42.6 Å². The number of amides is 2. The summed E-state index contributed by atoms with van der Waals surface area (Å²) >= 11 is 0. The molecule has 1 aliphatic rings. The molecular weight excluding hydrogens is 418 g/mol. The minimum Gasteiger partial charge on any atom is -0.365 e. The van der Waals surface area contributed by atoms with Crippen molar-refractivity contribution in [1.82, 2.24) is 19.6 Å². The number of fused-ring (bicyclic) bond motifs is 2. The molecule has 8 nitrogen and oxygen atoms in total. The Labute approximate surface area is 193 Å². The Morgan fingerprint density at radius 1 is 1.24 bits per heavy atom. The normalized spacial score (nSPS) is 14.3. The van der Waals surface area contributed by atoms with Crippen LogP contribution < -0.4 is 10.6 Å². The van der Waals surface area contributed by atoms with Crippen molar-refractivity contribution in [2.45, 2.75) is 51.7 Å². The van der Waals surface area contributed by atoms with Crippen LogP contribution in [0.4, 0.5) is 5.82 Å². The Morgan fingerprint density at radius 3 is 2.73 bits per heavy atom. The fraction of sp³-hybridized carbons (Fsp3) is 0.360. The number of carbonyl (C=O) groups is 3. The molecule has 8 heteroatoms. The molecule has 0 saturated carbocycles. The van der Waals surface area contributed by atoms with E-state index >= 15 is 0 Å². The van der Waals surface area contributed by atoms with E-state index in [1.165, 1.54) is 7.05 Å². The van der Waals surface area contributed by atoms with Gasteiger partial charge in [0.15, 0.2) is 0 Å². The number of benzene rings is 1. The third kappa shape index (κ3) is 4.33. The molecule has 33 heavy (non-hydrogen) atoms. The predicted molar refractivity (Wildman–Crippen MR) is 127 cm³/mol. The van der Waals surface area contributed by atoms with E-state index in [0.29, 0.717) is 18.5 Å². The summed E-state index contributed by atoms with van der Waals surface area (Å²) in [6.45, 7) is 6.60. The van der Waals surface area contributed by atoms with Crippen molar-refractivity contribution < 1.29 is 14.4 Å². The molecule has 2 amide bonds. The van der Waals surface area contributed by atoms with Gasteiger partial charge in [-0.3, -0.25) is 14.0 Å². The Morgan fingerprint density at radius 2 is 2.03 bits per heavy atom. The van der Waals surface area contributed by atoms with Crippen LogP contribution in [0.1, 0.15) is 49.5 Å². The maximum Gasteiger partial charge on any atom is 0.255 e. The number of hydrogen-bond acceptors (Lipinski definition) is 5. The fourth-order valence-corrected chi connectivity index (χ4v) is 4.23. The quantitative estimate of drug-likeness (QED) is 0.542. The topological polar surface area (TPSA) is 95.8 Å². The zero-order valence-electron chi connectivity index (χ0n) is 19.4. The van der Waals surface area contributed by atoms with Crippen molar-refractivity contribution >= 4 is 29.6 Å². The summed E-state index contributed by atoms with van der Waals surface area (Å²) in [7, 11) is 1.54. The van der Waals surface area contributed by atoms with Gasteiger partial charge in [-0.05, 0) is 57.0 Å². The summed E-state index contributed by atoms with van der Waals surface area (Å²) in [6.07, 6.45) is 3.25. The molecule has 0 aliphatic carbocycles. The highest BCUT2D eigenvalue weighted by Crippen LogP contribution is 2.34. The molecule has 172 valence electrons. The summed E-state index contributed by atoms with van der Waals surface area (Å²) in [5, 5.41) is 6.17. The van der Waals surface area contributed by atoms with Crippen molar-refractivity contribution in [2.24, 2.45) is 0 Å². The van der Waals surface area contributed by atoms with E-state index in [9.17, 15) is 14.4 Å². The first kappa shape index (κ1) is 22.5. The Bertz CT molecular complexity index is 1220. The maximum absolute atomic E-state index is 13.1. The van der Waals surface area contributed by atoms with Crippen LogP contribution in [0.2, 0.25) is 0 Å². The highest BCUT2D eigenvalue weighted by atomic mass is 16.2. The molecule has 0 bridgehead atoms. The molecule has 1 aliphatic heterocycles. The lowest BCUT2D eigenvalue weighted by molar-refractivity contribution is -0.125. The number of nitrogens with one attached hydrogen (secondary N) is 2. The Kier molecular flexibility index (Phi) is 5.93. The van der Waals surface area contributed by atoms with Crippen molar-refractivity contribution in [2.75, 3.05) is 12.4 Å². The van der Waals surface area contributed by atoms with E-state index in [0.717, 1.165) is 34.6 Å². The summed E-state index contributed by atoms with van der Waals surface area (Å²) < 4.78 is 2.02. The van der Waals surface area contributed by atoms with E-state index in [1.54, 1.807) is 11.0 Å². The van der Waals surface area contributed by atoms with Gasteiger partial charge in [0.2, 0.25) is 5.91 Å². The van der Waals surface area contributed by atoms with Gasteiger partial charge >= 0.3 is 0 Å². The van der Waals surface area contributed by atoms with Crippen molar-refractivity contribution in [3.05, 3.63) is 53.7 Å². The predicted octanol–water partition coefficient (Wildman–Crippen LogP) is 3.26. The number of imidazole rings is 1. The molecule has 0 saturated heterocycles. The minimum atomic E-state index is -0.683. The lowest BCUT2D eigenvalue weighted by Gasteiger charge is -2.25. The van der Waals surface area contributed by atoms with Gasteiger partial charge in [0.1, 0.15) is 29.5 Å². The summed E-state index contributed by atoms with van der Waals surface area (Å²) in [6, 6.07) is 10.9. The zero-order chi connectivity index (χ0) is 23.8. The van der Waals surface area contributed by atoms with Gasteiger partial charge in [0, 0.05) is 42.9 Å². The number of aldehydes is 1. The average Bonchev–Trinajstić information content (AvgIpc) is 3.30. The van der Waals surface area contributed by atoms with Crippen molar-refractivity contribution in [3.63, 3.8) is 0 Å². The second kappa shape index (κ2) is 8.69. The van der Waals surface area contributed by atoms with Gasteiger partial charge in [-0.25, -0.2) is 4.98 Å². The van der Waals surface area contributed by atoms with Crippen molar-refractivity contribution in [1.29, 1.82) is 0 Å². The molecule has 3 aromatic rings. The van der Waals surface area contributed by atoms with Crippen LogP contribution in [0, 0.1) is 0 Å². The van der Waals surface area contributed by atoms with Gasteiger partial charge in [0.25, 0.3) is 5.91 Å². The molecule has 1 unspecified atom stereocenters. The Hall–Kier alpha value is -3.68. The van der Waals surface area contributed by atoms with Crippen LogP contribution in [-0.2, 0) is 16.1 Å². The van der Waals surface area contributed by atoms with Crippen LogP contribution in [0.5, 0.6) is 0 Å². The number of aromatic nitrogens is 2. The monoisotopic (exact) mass is 447 g/mol. The number of likely N-dealkylation sites (N-methyl/N-ethyl adjacent to an activating group) is 1. The zero-order valence-corrected chi connectivity index (χ0v) is 19.4. The molecule has 0 radical (unpaired) electrons. The molecule has 4 rings (SSSR count). The van der Waals surface area contributed by atoms with E-state index in [-0.39, 0.29) is 23.8 Å². The van der Waals surface area contributed by atoms with E-state index in [2.05, 4.69) is 31.4 Å². The van der Waals surface area contributed by atoms with E-state index in [1.807, 2.05) is 40.9 Å². The SMILES string of the molecule is CNC(=O)C(CCC=O)N1Cc2cc(-c3nc4ccccn4c3NC(C)(C)C)ccc2C1=O.